The molecule has 0 heterocycles. The van der Waals surface area contributed by atoms with Gasteiger partial charge in [0.25, 0.3) is 0 Å². The summed E-state index contributed by atoms with van der Waals surface area (Å²) in [5.41, 5.74) is 1.05. The fourth-order valence-corrected chi connectivity index (χ4v) is 2.55. The molecule has 2 aromatic rings. The van der Waals surface area contributed by atoms with Crippen molar-refractivity contribution in [2.75, 3.05) is 0 Å². The van der Waals surface area contributed by atoms with Crippen molar-refractivity contribution in [3.63, 3.8) is 0 Å². The Balaban J connectivity index is 1.68. The monoisotopic (exact) mass is 298 g/mol. The quantitative estimate of drug-likeness (QED) is 0.490. The topological polar surface area (TPSA) is 43.4 Å². The zero-order valence-corrected chi connectivity index (χ0v) is 12.1. The van der Waals surface area contributed by atoms with Crippen molar-refractivity contribution in [3.8, 4) is 5.75 Å². The van der Waals surface area contributed by atoms with Crippen LogP contribution < -0.4 is 4.74 Å². The lowest BCUT2D eigenvalue weighted by Crippen LogP contribution is -2.12. The van der Waals surface area contributed by atoms with E-state index in [2.05, 4.69) is 0 Å². The molecule has 1 aliphatic rings. The summed E-state index contributed by atoms with van der Waals surface area (Å²) in [6.07, 6.45) is 0.589. The van der Waals surface area contributed by atoms with Gasteiger partial charge in [0.1, 0.15) is 11.6 Å². The van der Waals surface area contributed by atoms with E-state index in [1.165, 1.54) is 13.0 Å². The molecule has 4 heteroatoms. The van der Waals surface area contributed by atoms with Crippen LogP contribution in [0, 0.1) is 11.7 Å². The van der Waals surface area contributed by atoms with Crippen LogP contribution in [0.1, 0.15) is 35.2 Å². The average Bonchev–Trinajstić information content (AvgIpc) is 3.28. The Morgan fingerprint density at radius 2 is 1.91 bits per heavy atom. The average molecular weight is 298 g/mol. The minimum absolute atomic E-state index is 0.0893. The van der Waals surface area contributed by atoms with Gasteiger partial charge in [-0.15, -0.1) is 0 Å². The van der Waals surface area contributed by atoms with Crippen LogP contribution in [0.2, 0.25) is 0 Å². The Bertz CT molecular complexity index is 739. The van der Waals surface area contributed by atoms with Gasteiger partial charge in [-0.2, -0.15) is 0 Å². The van der Waals surface area contributed by atoms with Gasteiger partial charge < -0.3 is 4.74 Å². The molecule has 3 nitrogen and oxygen atoms in total. The van der Waals surface area contributed by atoms with Crippen molar-refractivity contribution >= 4 is 11.8 Å². The predicted molar refractivity (Wildman–Crippen MR) is 79.3 cm³/mol. The second-order valence-corrected chi connectivity index (χ2v) is 5.48. The van der Waals surface area contributed by atoms with Crippen LogP contribution in [0.25, 0.3) is 0 Å². The van der Waals surface area contributed by atoms with Crippen LogP contribution in [0.4, 0.5) is 4.39 Å². The molecule has 1 aliphatic carbocycles. The lowest BCUT2D eigenvalue weighted by Gasteiger charge is -2.06. The summed E-state index contributed by atoms with van der Waals surface area (Å²) in [6, 6.07) is 13.0. The summed E-state index contributed by atoms with van der Waals surface area (Å²) in [4.78, 5) is 23.4. The maximum atomic E-state index is 13.7. The maximum absolute atomic E-state index is 13.7. The van der Waals surface area contributed by atoms with Gasteiger partial charge in [-0.25, -0.2) is 4.39 Å². The molecular formula is C18H15FO3. The second-order valence-electron chi connectivity index (χ2n) is 5.48. The fourth-order valence-electron chi connectivity index (χ4n) is 2.55. The van der Waals surface area contributed by atoms with Crippen molar-refractivity contribution in [3.05, 3.63) is 65.5 Å². The highest BCUT2D eigenvalue weighted by molar-refractivity contribution is 5.94. The number of Topliss-reactive ketones (excluding diaryl/α,β-unsaturated/α-hetero) is 1. The molecule has 1 saturated carbocycles. The summed E-state index contributed by atoms with van der Waals surface area (Å²) >= 11 is 0. The summed E-state index contributed by atoms with van der Waals surface area (Å²) in [5, 5.41) is 0. The van der Waals surface area contributed by atoms with Gasteiger partial charge in [-0.1, -0.05) is 30.3 Å². The van der Waals surface area contributed by atoms with E-state index in [0.717, 1.165) is 0 Å². The Kier molecular flexibility index (Phi) is 3.75. The molecule has 112 valence electrons. The third-order valence-electron chi connectivity index (χ3n) is 3.86. The molecule has 2 unspecified atom stereocenters. The first-order valence-electron chi connectivity index (χ1n) is 7.13. The normalized spacial score (nSPS) is 19.5. The minimum atomic E-state index is -0.381. The molecular weight excluding hydrogens is 283 g/mol. The zero-order valence-electron chi connectivity index (χ0n) is 12.1. The van der Waals surface area contributed by atoms with Crippen molar-refractivity contribution in [2.45, 2.75) is 19.3 Å². The molecule has 22 heavy (non-hydrogen) atoms. The third-order valence-corrected chi connectivity index (χ3v) is 3.86. The van der Waals surface area contributed by atoms with E-state index in [0.29, 0.717) is 23.3 Å². The number of ketones is 1. The number of carbonyl (C=O) groups is 2. The first kappa shape index (κ1) is 14.4. The molecule has 0 aromatic heterocycles. The number of hydrogen-bond acceptors (Lipinski definition) is 3. The minimum Gasteiger partial charge on any atom is -0.426 e. The summed E-state index contributed by atoms with van der Waals surface area (Å²) < 4.78 is 19.0. The van der Waals surface area contributed by atoms with E-state index in [1.807, 2.05) is 0 Å². The van der Waals surface area contributed by atoms with Gasteiger partial charge in [0.05, 0.1) is 5.92 Å². The molecule has 3 rings (SSSR count). The van der Waals surface area contributed by atoms with E-state index < -0.39 is 0 Å². The van der Waals surface area contributed by atoms with Crippen LogP contribution in [-0.2, 0) is 4.79 Å². The van der Waals surface area contributed by atoms with Crippen molar-refractivity contribution in [1.82, 2.24) is 0 Å². The number of esters is 1. The number of carbonyl (C=O) groups excluding carboxylic acids is 2. The largest absolute Gasteiger partial charge is 0.426 e. The highest BCUT2D eigenvalue weighted by atomic mass is 19.1. The molecule has 2 atom stereocenters. The molecule has 0 bridgehead atoms. The van der Waals surface area contributed by atoms with E-state index in [1.54, 1.807) is 42.5 Å². The number of halogens is 1. The van der Waals surface area contributed by atoms with Gasteiger partial charge in [-0.3, -0.25) is 9.59 Å². The van der Waals surface area contributed by atoms with Crippen molar-refractivity contribution in [2.24, 2.45) is 5.92 Å². The highest BCUT2D eigenvalue weighted by Crippen LogP contribution is 2.48. The lowest BCUT2D eigenvalue weighted by molar-refractivity contribution is -0.135. The molecule has 0 saturated heterocycles. The molecule has 0 radical (unpaired) electrons. The first-order valence-corrected chi connectivity index (χ1v) is 7.13. The molecule has 2 aromatic carbocycles. The molecule has 0 aliphatic heterocycles. The SMILES string of the molecule is CC(=O)c1cccc(OC(=O)C2CC2c2ccccc2F)c1. The molecule has 1 fully saturated rings. The Hall–Kier alpha value is -2.49. The maximum Gasteiger partial charge on any atom is 0.314 e. The predicted octanol–water partition coefficient (Wildman–Crippen LogP) is 3.74. The van der Waals surface area contributed by atoms with Gasteiger partial charge in [0.15, 0.2) is 5.78 Å². The molecule has 0 amide bonds. The van der Waals surface area contributed by atoms with E-state index in [4.69, 9.17) is 4.74 Å². The Labute approximate surface area is 127 Å². The zero-order chi connectivity index (χ0) is 15.7. The summed E-state index contributed by atoms with van der Waals surface area (Å²) in [7, 11) is 0. The highest BCUT2D eigenvalue weighted by Gasteiger charge is 2.46. The fraction of sp³-hybridized carbons (Fsp3) is 0.222. The standard InChI is InChI=1S/C18H15FO3/c1-11(20)12-5-4-6-13(9-12)22-18(21)16-10-15(16)14-7-2-3-8-17(14)19/h2-9,15-16H,10H2,1H3. The van der Waals surface area contributed by atoms with Gasteiger partial charge in [0, 0.05) is 11.5 Å². The van der Waals surface area contributed by atoms with Gasteiger partial charge >= 0.3 is 5.97 Å². The number of benzene rings is 2. The van der Waals surface area contributed by atoms with Crippen molar-refractivity contribution in [1.29, 1.82) is 0 Å². The smallest absolute Gasteiger partial charge is 0.314 e. The van der Waals surface area contributed by atoms with Crippen LogP contribution in [0.3, 0.4) is 0 Å². The summed E-state index contributed by atoms with van der Waals surface area (Å²) in [5.74, 6) is -0.858. The lowest BCUT2D eigenvalue weighted by atomic mass is 10.1. The van der Waals surface area contributed by atoms with Crippen LogP contribution in [0.5, 0.6) is 5.75 Å². The Morgan fingerprint density at radius 1 is 1.14 bits per heavy atom. The number of rotatable bonds is 4. The number of ether oxygens (including phenoxy) is 1. The van der Waals surface area contributed by atoms with Gasteiger partial charge in [0.2, 0.25) is 0 Å². The Morgan fingerprint density at radius 3 is 2.64 bits per heavy atom. The molecule has 0 N–H and O–H groups in total. The first-order chi connectivity index (χ1) is 10.6. The summed E-state index contributed by atoms with van der Waals surface area (Å²) in [6.45, 7) is 1.45. The van der Waals surface area contributed by atoms with Crippen LogP contribution in [-0.4, -0.2) is 11.8 Å². The van der Waals surface area contributed by atoms with Crippen LogP contribution >= 0.6 is 0 Å². The van der Waals surface area contributed by atoms with Crippen LogP contribution in [0.15, 0.2) is 48.5 Å². The van der Waals surface area contributed by atoms with E-state index in [-0.39, 0.29) is 29.4 Å². The number of hydrogen-bond donors (Lipinski definition) is 0. The van der Waals surface area contributed by atoms with Gasteiger partial charge in [-0.05, 0) is 37.1 Å². The molecule has 0 spiro atoms. The van der Waals surface area contributed by atoms with Crippen molar-refractivity contribution < 1.29 is 18.7 Å². The third kappa shape index (κ3) is 2.91. The second kappa shape index (κ2) is 5.72. The van der Waals surface area contributed by atoms with E-state index in [9.17, 15) is 14.0 Å². The van der Waals surface area contributed by atoms with E-state index >= 15 is 0 Å².